The number of nitrogens with zero attached hydrogens (tertiary/aromatic N) is 2. The van der Waals surface area contributed by atoms with Crippen LogP contribution in [0.5, 0.6) is 0 Å². The number of hydrogen-bond acceptors (Lipinski definition) is 4. The van der Waals surface area contributed by atoms with Gasteiger partial charge in [-0.3, -0.25) is 9.10 Å². The Bertz CT molecular complexity index is 1230. The fourth-order valence-electron chi connectivity index (χ4n) is 2.73. The number of halogens is 3. The van der Waals surface area contributed by atoms with Crippen molar-refractivity contribution in [3.63, 3.8) is 0 Å². The van der Waals surface area contributed by atoms with E-state index in [1.807, 2.05) is 6.92 Å². The SMILES string of the molecule is Cc1ccc(S(=O)(=O)N(CC(=O)N/N=C\c2c(Cl)cccc2Cl)c2ccc(Br)cc2)cc1. The second-order valence-corrected chi connectivity index (χ2v) is 10.3. The molecule has 0 aliphatic carbocycles. The molecule has 0 fully saturated rings. The summed E-state index contributed by atoms with van der Waals surface area (Å²) in [5.41, 5.74) is 4.02. The lowest BCUT2D eigenvalue weighted by atomic mass is 10.2. The third-order valence-corrected chi connectivity index (χ3v) is 7.37. The van der Waals surface area contributed by atoms with Crippen molar-refractivity contribution in [2.45, 2.75) is 11.8 Å². The van der Waals surface area contributed by atoms with Gasteiger partial charge in [0.25, 0.3) is 15.9 Å². The van der Waals surface area contributed by atoms with Crippen LogP contribution in [0, 0.1) is 6.92 Å². The molecule has 0 spiro atoms. The van der Waals surface area contributed by atoms with Crippen molar-refractivity contribution in [1.82, 2.24) is 5.43 Å². The van der Waals surface area contributed by atoms with Gasteiger partial charge >= 0.3 is 0 Å². The first-order valence-corrected chi connectivity index (χ1v) is 12.3. The van der Waals surface area contributed by atoms with Gasteiger partial charge in [-0.05, 0) is 55.5 Å². The van der Waals surface area contributed by atoms with E-state index in [-0.39, 0.29) is 4.90 Å². The summed E-state index contributed by atoms with van der Waals surface area (Å²) in [6.45, 7) is 1.38. The molecule has 3 rings (SSSR count). The second kappa shape index (κ2) is 10.5. The van der Waals surface area contributed by atoms with Crippen molar-refractivity contribution in [1.29, 1.82) is 0 Å². The van der Waals surface area contributed by atoms with E-state index in [0.717, 1.165) is 14.3 Å². The number of carbonyl (C=O) groups is 1. The molecule has 0 aromatic heterocycles. The highest BCUT2D eigenvalue weighted by atomic mass is 79.9. The molecule has 1 amide bonds. The number of benzene rings is 3. The summed E-state index contributed by atoms with van der Waals surface area (Å²) < 4.78 is 28.4. The predicted octanol–water partition coefficient (Wildman–Crippen LogP) is 5.41. The number of sulfonamides is 1. The van der Waals surface area contributed by atoms with Gasteiger partial charge in [-0.15, -0.1) is 0 Å². The van der Waals surface area contributed by atoms with Crippen LogP contribution in [0.4, 0.5) is 5.69 Å². The quantitative estimate of drug-likeness (QED) is 0.313. The average molecular weight is 555 g/mol. The molecule has 32 heavy (non-hydrogen) atoms. The first kappa shape index (κ1) is 24.3. The maximum atomic E-state index is 13.3. The van der Waals surface area contributed by atoms with Crippen LogP contribution >= 0.6 is 39.1 Å². The van der Waals surface area contributed by atoms with Crippen molar-refractivity contribution in [3.8, 4) is 0 Å². The standard InChI is InChI=1S/C22H18BrCl2N3O3S/c1-15-5-11-18(12-6-15)32(30,31)28(17-9-7-16(23)8-10-17)14-22(29)27-26-13-19-20(24)3-2-4-21(19)25/h2-13H,14H2,1H3,(H,27,29)/b26-13-. The van der Waals surface area contributed by atoms with Crippen LogP contribution in [0.3, 0.4) is 0 Å². The summed E-state index contributed by atoms with van der Waals surface area (Å²) >= 11 is 15.5. The number of amides is 1. The molecule has 0 bridgehead atoms. The Kier molecular flexibility index (Phi) is 7.95. The summed E-state index contributed by atoms with van der Waals surface area (Å²) in [6.07, 6.45) is 1.31. The van der Waals surface area contributed by atoms with Crippen LogP contribution in [0.2, 0.25) is 10.0 Å². The molecule has 0 heterocycles. The Labute approximate surface area is 205 Å². The normalized spacial score (nSPS) is 11.5. The largest absolute Gasteiger partial charge is 0.271 e. The molecule has 3 aromatic rings. The average Bonchev–Trinajstić information content (AvgIpc) is 2.75. The molecule has 6 nitrogen and oxygen atoms in total. The number of nitrogens with one attached hydrogen (secondary N) is 1. The number of carbonyl (C=O) groups excluding carboxylic acids is 1. The van der Waals surface area contributed by atoms with E-state index in [1.54, 1.807) is 54.6 Å². The molecule has 0 aliphatic heterocycles. The predicted molar refractivity (Wildman–Crippen MR) is 132 cm³/mol. The van der Waals surface area contributed by atoms with E-state index < -0.39 is 22.5 Å². The van der Waals surface area contributed by atoms with Crippen molar-refractivity contribution in [2.24, 2.45) is 5.10 Å². The second-order valence-electron chi connectivity index (χ2n) is 6.73. The third-order valence-electron chi connectivity index (χ3n) is 4.39. The van der Waals surface area contributed by atoms with Gasteiger partial charge < -0.3 is 0 Å². The topological polar surface area (TPSA) is 78.8 Å². The highest BCUT2D eigenvalue weighted by Crippen LogP contribution is 2.26. The Morgan fingerprint density at radius 3 is 2.22 bits per heavy atom. The van der Waals surface area contributed by atoms with Crippen molar-refractivity contribution >= 4 is 67.0 Å². The molecule has 0 saturated carbocycles. The Hall–Kier alpha value is -2.39. The number of anilines is 1. The summed E-state index contributed by atoms with van der Waals surface area (Å²) in [5, 5.41) is 4.61. The van der Waals surface area contributed by atoms with Crippen molar-refractivity contribution < 1.29 is 13.2 Å². The van der Waals surface area contributed by atoms with E-state index in [1.165, 1.54) is 18.3 Å². The molecular formula is C22H18BrCl2N3O3S. The molecule has 0 unspecified atom stereocenters. The van der Waals surface area contributed by atoms with Gasteiger partial charge in [0.05, 0.1) is 26.8 Å². The van der Waals surface area contributed by atoms with E-state index in [4.69, 9.17) is 23.2 Å². The van der Waals surface area contributed by atoms with Crippen LogP contribution in [0.15, 0.2) is 81.2 Å². The van der Waals surface area contributed by atoms with E-state index in [9.17, 15) is 13.2 Å². The van der Waals surface area contributed by atoms with Gasteiger partial charge in [-0.25, -0.2) is 13.8 Å². The molecule has 0 aliphatic rings. The van der Waals surface area contributed by atoms with E-state index in [2.05, 4.69) is 26.5 Å². The molecule has 166 valence electrons. The van der Waals surface area contributed by atoms with Crippen LogP contribution in [0.25, 0.3) is 0 Å². The maximum absolute atomic E-state index is 13.3. The fraction of sp³-hybridized carbons (Fsp3) is 0.0909. The summed E-state index contributed by atoms with van der Waals surface area (Å²) in [4.78, 5) is 12.7. The zero-order chi connectivity index (χ0) is 23.3. The van der Waals surface area contributed by atoms with Crippen LogP contribution in [0.1, 0.15) is 11.1 Å². The van der Waals surface area contributed by atoms with E-state index in [0.29, 0.717) is 21.3 Å². The highest BCUT2D eigenvalue weighted by molar-refractivity contribution is 9.10. The minimum Gasteiger partial charge on any atom is -0.271 e. The molecule has 10 heteroatoms. The Balaban J connectivity index is 1.85. The summed E-state index contributed by atoms with van der Waals surface area (Å²) in [6, 6.07) is 18.0. The van der Waals surface area contributed by atoms with Crippen LogP contribution < -0.4 is 9.73 Å². The zero-order valence-electron chi connectivity index (χ0n) is 16.8. The monoisotopic (exact) mass is 553 g/mol. The van der Waals surface area contributed by atoms with Gasteiger partial charge in [0, 0.05) is 10.0 Å². The molecule has 0 radical (unpaired) electrons. The minimum absolute atomic E-state index is 0.0742. The molecule has 0 atom stereocenters. The summed E-state index contributed by atoms with van der Waals surface area (Å²) in [5.74, 6) is -0.636. The lowest BCUT2D eigenvalue weighted by Crippen LogP contribution is -2.39. The molecular weight excluding hydrogens is 537 g/mol. The van der Waals surface area contributed by atoms with Gasteiger partial charge in [0.15, 0.2) is 0 Å². The third kappa shape index (κ3) is 5.89. The van der Waals surface area contributed by atoms with Crippen LogP contribution in [-0.2, 0) is 14.8 Å². The summed E-state index contributed by atoms with van der Waals surface area (Å²) in [7, 11) is -4.01. The highest BCUT2D eigenvalue weighted by Gasteiger charge is 2.27. The number of rotatable bonds is 7. The van der Waals surface area contributed by atoms with Gasteiger partial charge in [-0.1, -0.05) is 62.9 Å². The smallest absolute Gasteiger partial charge is 0.264 e. The van der Waals surface area contributed by atoms with Crippen LogP contribution in [-0.4, -0.2) is 27.1 Å². The molecule has 0 saturated heterocycles. The van der Waals surface area contributed by atoms with Gasteiger partial charge in [-0.2, -0.15) is 5.10 Å². The minimum atomic E-state index is -4.01. The van der Waals surface area contributed by atoms with Gasteiger partial charge in [0.1, 0.15) is 6.54 Å². The first-order valence-electron chi connectivity index (χ1n) is 9.29. The number of hydrazone groups is 1. The number of hydrogen-bond donors (Lipinski definition) is 1. The zero-order valence-corrected chi connectivity index (χ0v) is 20.7. The molecule has 1 N–H and O–H groups in total. The molecule has 3 aromatic carbocycles. The van der Waals surface area contributed by atoms with E-state index >= 15 is 0 Å². The maximum Gasteiger partial charge on any atom is 0.264 e. The lowest BCUT2D eigenvalue weighted by molar-refractivity contribution is -0.119. The fourth-order valence-corrected chi connectivity index (χ4v) is 4.91. The Morgan fingerprint density at radius 2 is 1.62 bits per heavy atom. The Morgan fingerprint density at radius 1 is 1.03 bits per heavy atom. The van der Waals surface area contributed by atoms with Crippen molar-refractivity contribution in [3.05, 3.63) is 92.4 Å². The van der Waals surface area contributed by atoms with Gasteiger partial charge in [0.2, 0.25) is 0 Å². The first-order chi connectivity index (χ1) is 15.2. The number of aryl methyl sites for hydroxylation is 1. The van der Waals surface area contributed by atoms with Crippen molar-refractivity contribution in [2.75, 3.05) is 10.8 Å². The lowest BCUT2D eigenvalue weighted by Gasteiger charge is -2.23.